The van der Waals surface area contributed by atoms with Crippen LogP contribution in [0.4, 0.5) is 0 Å². The molecule has 0 aliphatic carbocycles. The van der Waals surface area contributed by atoms with Crippen LogP contribution in [0.25, 0.3) is 0 Å². The first-order valence-corrected chi connectivity index (χ1v) is 17.7. The van der Waals surface area contributed by atoms with E-state index in [2.05, 4.69) is 30.6 Å². The number of ether oxygens (including phenoxy) is 3. The molecule has 0 aromatic carbocycles. The normalized spacial score (nSPS) is 13.4. The molecule has 0 saturated heterocycles. The number of nitrogens with zero attached hydrogens (tertiary/aromatic N) is 6. The first-order chi connectivity index (χ1) is 23.1. The van der Waals surface area contributed by atoms with Gasteiger partial charge in [0.05, 0.1) is 35.0 Å². The van der Waals surface area contributed by atoms with E-state index in [-0.39, 0.29) is 55.2 Å². The maximum absolute atomic E-state index is 13.4. The first kappa shape index (κ1) is 43.8. The quantitative estimate of drug-likeness (QED) is 0.0872. The van der Waals surface area contributed by atoms with Crippen molar-refractivity contribution < 1.29 is 41.8 Å². The molecule has 0 radical (unpaired) electrons. The molecule has 0 atom stereocenters. The highest BCUT2D eigenvalue weighted by molar-refractivity contribution is 6.67. The molecular weight excluding hydrogens is 871 g/mol. The van der Waals surface area contributed by atoms with Gasteiger partial charge in [0.1, 0.15) is 19.8 Å². The summed E-state index contributed by atoms with van der Waals surface area (Å²) >= 11 is 52.2. The average Bonchev–Trinajstić information content (AvgIpc) is 3.78. The predicted octanol–water partition coefficient (Wildman–Crippen LogP) is 7.57. The second-order valence-electron chi connectivity index (χ2n) is 12.9. The van der Waals surface area contributed by atoms with Crippen molar-refractivity contribution >= 4 is 122 Å². The summed E-state index contributed by atoms with van der Waals surface area (Å²) in [5.41, 5.74) is -3.20. The molecule has 3 aromatic rings. The highest BCUT2D eigenvalue weighted by Crippen LogP contribution is 2.40. The first-order valence-electron chi connectivity index (χ1n) is 14.3. The van der Waals surface area contributed by atoms with Crippen LogP contribution in [0.5, 0.6) is 0 Å². The zero-order chi connectivity index (χ0) is 38.8. The van der Waals surface area contributed by atoms with Crippen LogP contribution < -0.4 is 0 Å². The van der Waals surface area contributed by atoms with Crippen molar-refractivity contribution in [1.29, 1.82) is 0 Å². The van der Waals surface area contributed by atoms with Gasteiger partial charge in [0.25, 0.3) is 29.0 Å². The Balaban J connectivity index is 1.72. The van der Waals surface area contributed by atoms with Gasteiger partial charge >= 0.3 is 17.9 Å². The standard InChI is InChI=1S/C27H29Cl9N6O9/c1-22(2,16-37-40-19(49-16)25(28,29)30)9-46-13(43)7-12(15(45)48-11-24(5,6)18-39-42-21(51-18)27(34,35)36)8-14(44)47-10-23(3,4)17-38-41-20(50-17)26(31,32)33/h12H,7-11H2,1-6H3. The number of hydrogen-bond acceptors (Lipinski definition) is 15. The van der Waals surface area contributed by atoms with E-state index in [1.807, 2.05) is 0 Å². The van der Waals surface area contributed by atoms with Crippen molar-refractivity contribution in [3.05, 3.63) is 35.3 Å². The number of alkyl halides is 9. The minimum atomic E-state index is -1.99. The topological polar surface area (TPSA) is 196 Å². The number of carbonyl (C=O) groups is 3. The number of esters is 3. The Hall–Kier alpha value is -1.56. The SMILES string of the molecule is CC(C)(COC(=O)CC(CC(=O)OCC(C)(C)c1nnc(C(Cl)(Cl)Cl)o1)C(=O)OCC(C)(C)c1nnc(C(Cl)(Cl)Cl)o1)c1nnc(C(Cl)(Cl)Cl)o1. The highest BCUT2D eigenvalue weighted by atomic mass is 35.6. The molecule has 3 rings (SSSR count). The number of halogens is 9. The smallest absolute Gasteiger partial charge is 0.310 e. The maximum Gasteiger partial charge on any atom is 0.310 e. The Kier molecular flexibility index (Phi) is 14.1. The van der Waals surface area contributed by atoms with Gasteiger partial charge in [-0.25, -0.2) is 0 Å². The summed E-state index contributed by atoms with van der Waals surface area (Å²) < 4.78 is 26.7. The Labute approximate surface area is 335 Å². The van der Waals surface area contributed by atoms with Gasteiger partial charge in [0, 0.05) is 0 Å². The zero-order valence-corrected chi connectivity index (χ0v) is 34.2. The van der Waals surface area contributed by atoms with Crippen LogP contribution >= 0.6 is 104 Å². The van der Waals surface area contributed by atoms with Crippen molar-refractivity contribution in [2.45, 2.75) is 82.0 Å². The highest BCUT2D eigenvalue weighted by Gasteiger charge is 2.39. The summed E-state index contributed by atoms with van der Waals surface area (Å²) in [6.07, 6.45) is -1.21. The largest absolute Gasteiger partial charge is 0.465 e. The average molecular weight is 901 g/mol. The molecule has 0 bridgehead atoms. The maximum atomic E-state index is 13.4. The van der Waals surface area contributed by atoms with Gasteiger partial charge in [0.2, 0.25) is 17.7 Å². The fourth-order valence-electron chi connectivity index (χ4n) is 3.67. The summed E-state index contributed by atoms with van der Waals surface area (Å²) in [6.45, 7) is 8.74. The van der Waals surface area contributed by atoms with Gasteiger partial charge in [-0.15, -0.1) is 30.6 Å². The predicted molar refractivity (Wildman–Crippen MR) is 185 cm³/mol. The van der Waals surface area contributed by atoms with E-state index in [9.17, 15) is 14.4 Å². The van der Waals surface area contributed by atoms with E-state index in [1.165, 1.54) is 0 Å². The third kappa shape index (κ3) is 12.5. The summed E-state index contributed by atoms with van der Waals surface area (Å²) in [4.78, 5) is 39.5. The van der Waals surface area contributed by atoms with E-state index in [4.69, 9.17) is 132 Å². The molecule has 3 heterocycles. The van der Waals surface area contributed by atoms with Crippen molar-refractivity contribution in [3.63, 3.8) is 0 Å². The molecule has 0 N–H and O–H groups in total. The molecule has 24 heteroatoms. The Morgan fingerprint density at radius 1 is 0.490 bits per heavy atom. The molecule has 3 aromatic heterocycles. The van der Waals surface area contributed by atoms with Crippen LogP contribution in [0.2, 0.25) is 0 Å². The van der Waals surface area contributed by atoms with Gasteiger partial charge in [0.15, 0.2) is 0 Å². The van der Waals surface area contributed by atoms with E-state index in [1.54, 1.807) is 41.5 Å². The van der Waals surface area contributed by atoms with Crippen LogP contribution in [-0.4, -0.2) is 68.3 Å². The third-order valence-corrected chi connectivity index (χ3v) is 8.12. The van der Waals surface area contributed by atoms with E-state index >= 15 is 0 Å². The van der Waals surface area contributed by atoms with Crippen molar-refractivity contribution in [2.75, 3.05) is 19.8 Å². The lowest BCUT2D eigenvalue weighted by atomic mass is 9.94. The Bertz CT molecular complexity index is 1610. The summed E-state index contributed by atoms with van der Waals surface area (Å²) in [6, 6.07) is 0. The van der Waals surface area contributed by atoms with E-state index < -0.39 is 64.3 Å². The summed E-state index contributed by atoms with van der Waals surface area (Å²) in [5, 5.41) is 22.7. The van der Waals surface area contributed by atoms with Gasteiger partial charge in [-0.1, -0.05) is 104 Å². The van der Waals surface area contributed by atoms with Gasteiger partial charge in [-0.2, -0.15) is 0 Å². The van der Waals surface area contributed by atoms with E-state index in [0.29, 0.717) is 0 Å². The number of aromatic nitrogens is 6. The molecule has 0 aliphatic rings. The Morgan fingerprint density at radius 3 is 1.00 bits per heavy atom. The molecule has 0 unspecified atom stereocenters. The number of rotatable bonds is 14. The molecule has 0 saturated carbocycles. The van der Waals surface area contributed by atoms with Gasteiger partial charge in [-0.3, -0.25) is 14.4 Å². The van der Waals surface area contributed by atoms with Crippen LogP contribution in [0, 0.1) is 5.92 Å². The monoisotopic (exact) mass is 896 g/mol. The molecule has 0 amide bonds. The van der Waals surface area contributed by atoms with Gasteiger partial charge < -0.3 is 27.5 Å². The zero-order valence-electron chi connectivity index (χ0n) is 27.4. The number of carbonyl (C=O) groups excluding carboxylic acids is 3. The van der Waals surface area contributed by atoms with Crippen molar-refractivity contribution in [1.82, 2.24) is 30.6 Å². The van der Waals surface area contributed by atoms with Crippen LogP contribution in [0.3, 0.4) is 0 Å². The lowest BCUT2D eigenvalue weighted by molar-refractivity contribution is -0.161. The fraction of sp³-hybridized carbons (Fsp3) is 0.667. The van der Waals surface area contributed by atoms with E-state index in [0.717, 1.165) is 0 Å². The van der Waals surface area contributed by atoms with Crippen molar-refractivity contribution in [3.8, 4) is 0 Å². The minimum Gasteiger partial charge on any atom is -0.465 e. The van der Waals surface area contributed by atoms with Crippen LogP contribution in [0.15, 0.2) is 13.3 Å². The van der Waals surface area contributed by atoms with Crippen LogP contribution in [0.1, 0.15) is 89.7 Å². The van der Waals surface area contributed by atoms with Gasteiger partial charge in [-0.05, 0) is 41.5 Å². The molecule has 0 aliphatic heterocycles. The lowest BCUT2D eigenvalue weighted by Gasteiger charge is -2.23. The molecule has 0 fully saturated rings. The third-order valence-electron chi connectivity index (χ3n) is 6.66. The van der Waals surface area contributed by atoms with Crippen molar-refractivity contribution in [2.24, 2.45) is 5.92 Å². The molecule has 0 spiro atoms. The van der Waals surface area contributed by atoms with Crippen LogP contribution in [-0.2, 0) is 56.2 Å². The molecule has 51 heavy (non-hydrogen) atoms. The lowest BCUT2D eigenvalue weighted by Crippen LogP contribution is -2.33. The molecular formula is C27H29Cl9N6O9. The second kappa shape index (κ2) is 16.4. The fourth-order valence-corrected chi connectivity index (χ4v) is 4.36. The molecule has 15 nitrogen and oxygen atoms in total. The number of hydrogen-bond donors (Lipinski definition) is 0. The summed E-state index contributed by atoms with van der Waals surface area (Å²) in [5.74, 6) is -5.00. The summed E-state index contributed by atoms with van der Waals surface area (Å²) in [7, 11) is 0. The minimum absolute atomic E-state index is 0.00198. The Morgan fingerprint density at radius 2 is 0.745 bits per heavy atom. The second-order valence-corrected chi connectivity index (χ2v) is 19.8. The molecule has 284 valence electrons.